The van der Waals surface area contributed by atoms with Gasteiger partial charge in [-0.1, -0.05) is 17.3 Å². The van der Waals surface area contributed by atoms with Crippen LogP contribution in [0.4, 0.5) is 5.69 Å². The number of carbonyl (C=O) groups is 2. The lowest BCUT2D eigenvalue weighted by molar-refractivity contribution is -0.119. The Morgan fingerprint density at radius 1 is 1.28 bits per heavy atom. The molecule has 0 saturated carbocycles. The Morgan fingerprint density at radius 3 is 2.80 bits per heavy atom. The molecule has 0 saturated heterocycles. The summed E-state index contributed by atoms with van der Waals surface area (Å²) in [5.41, 5.74) is 2.91. The average molecular weight is 357 g/mol. The van der Waals surface area contributed by atoms with Crippen molar-refractivity contribution in [1.29, 1.82) is 0 Å². The van der Waals surface area contributed by atoms with Crippen LogP contribution in [0.25, 0.3) is 11.3 Å². The van der Waals surface area contributed by atoms with Gasteiger partial charge in [-0.25, -0.2) is 9.78 Å². The fourth-order valence-corrected chi connectivity index (χ4v) is 2.73. The molecule has 0 bridgehead atoms. The third kappa shape index (κ3) is 4.30. The van der Waals surface area contributed by atoms with Crippen molar-refractivity contribution in [3.8, 4) is 11.3 Å². The molecule has 2 aromatic heterocycles. The van der Waals surface area contributed by atoms with Crippen molar-refractivity contribution in [3.05, 3.63) is 52.2 Å². The van der Waals surface area contributed by atoms with Crippen molar-refractivity contribution < 1.29 is 18.8 Å². The summed E-state index contributed by atoms with van der Waals surface area (Å²) in [6, 6.07) is 8.75. The summed E-state index contributed by atoms with van der Waals surface area (Å²) < 4.78 is 9.68. The molecule has 0 aliphatic rings. The van der Waals surface area contributed by atoms with E-state index in [1.165, 1.54) is 6.07 Å². The second-order valence-corrected chi connectivity index (χ2v) is 6.35. The smallest absolute Gasteiger partial charge is 0.377 e. The summed E-state index contributed by atoms with van der Waals surface area (Å²) in [6.45, 7) is 3.20. The Balaban J connectivity index is 1.58. The van der Waals surface area contributed by atoms with E-state index >= 15 is 0 Å². The number of benzene rings is 1. The minimum atomic E-state index is -0.734. The third-order valence-electron chi connectivity index (χ3n) is 3.22. The second kappa shape index (κ2) is 7.27. The van der Waals surface area contributed by atoms with Crippen LogP contribution in [0, 0.1) is 13.8 Å². The minimum Gasteiger partial charge on any atom is -0.450 e. The van der Waals surface area contributed by atoms with Gasteiger partial charge in [-0.2, -0.15) is 0 Å². The van der Waals surface area contributed by atoms with Crippen LogP contribution in [-0.2, 0) is 9.53 Å². The van der Waals surface area contributed by atoms with Gasteiger partial charge in [-0.15, -0.1) is 11.3 Å². The first kappa shape index (κ1) is 16.8. The predicted octanol–water partition coefficient (Wildman–Crippen LogP) is 3.21. The molecule has 0 spiro atoms. The number of esters is 1. The number of thiazole rings is 1. The maximum atomic E-state index is 12.0. The summed E-state index contributed by atoms with van der Waals surface area (Å²) in [5, 5.41) is 9.20. The monoisotopic (exact) mass is 357 g/mol. The summed E-state index contributed by atoms with van der Waals surface area (Å²) >= 11 is 1.56. The largest absolute Gasteiger partial charge is 0.450 e. The number of amides is 1. The third-order valence-corrected chi connectivity index (χ3v) is 4.00. The highest BCUT2D eigenvalue weighted by Crippen LogP contribution is 2.24. The predicted molar refractivity (Wildman–Crippen MR) is 92.4 cm³/mol. The van der Waals surface area contributed by atoms with Crippen LogP contribution in [0.5, 0.6) is 0 Å². The standard InChI is InChI=1S/C17H15N3O4S/c1-10-6-15(24-20-10)17(22)23-8-16(21)19-13-5-3-4-12(7-13)14-9-25-11(2)18-14/h3-7,9H,8H2,1-2H3,(H,19,21). The first-order valence-electron chi connectivity index (χ1n) is 7.44. The topological polar surface area (TPSA) is 94.3 Å². The van der Waals surface area contributed by atoms with E-state index in [1.54, 1.807) is 24.3 Å². The fraction of sp³-hybridized carbons (Fsp3) is 0.176. The van der Waals surface area contributed by atoms with Crippen LogP contribution in [0.3, 0.4) is 0 Å². The van der Waals surface area contributed by atoms with E-state index in [9.17, 15) is 9.59 Å². The average Bonchev–Trinajstić information content (AvgIpc) is 3.21. The summed E-state index contributed by atoms with van der Waals surface area (Å²) in [6.07, 6.45) is 0. The van der Waals surface area contributed by atoms with Gasteiger partial charge in [0.2, 0.25) is 5.76 Å². The number of anilines is 1. The Morgan fingerprint density at radius 2 is 2.12 bits per heavy atom. The molecule has 2 heterocycles. The lowest BCUT2D eigenvalue weighted by atomic mass is 10.1. The number of nitrogens with zero attached hydrogens (tertiary/aromatic N) is 2. The van der Waals surface area contributed by atoms with Crippen LogP contribution >= 0.6 is 11.3 Å². The second-order valence-electron chi connectivity index (χ2n) is 5.29. The van der Waals surface area contributed by atoms with E-state index < -0.39 is 18.5 Å². The van der Waals surface area contributed by atoms with Crippen LogP contribution in [-0.4, -0.2) is 28.6 Å². The van der Waals surface area contributed by atoms with Gasteiger partial charge in [0.25, 0.3) is 5.91 Å². The summed E-state index contributed by atoms with van der Waals surface area (Å²) in [4.78, 5) is 28.1. The number of ether oxygens (including phenoxy) is 1. The number of carbonyl (C=O) groups excluding carboxylic acids is 2. The molecule has 0 aliphatic heterocycles. The Kier molecular flexibility index (Phi) is 4.90. The number of aromatic nitrogens is 2. The molecule has 1 amide bonds. The highest BCUT2D eigenvalue weighted by atomic mass is 32.1. The van der Waals surface area contributed by atoms with Gasteiger partial charge in [0, 0.05) is 22.7 Å². The lowest BCUT2D eigenvalue weighted by Gasteiger charge is -2.07. The van der Waals surface area contributed by atoms with Gasteiger partial charge >= 0.3 is 5.97 Å². The molecule has 7 nitrogen and oxygen atoms in total. The molecule has 3 aromatic rings. The Bertz CT molecular complexity index is 916. The molecule has 8 heteroatoms. The normalized spacial score (nSPS) is 10.5. The Labute approximate surface area is 147 Å². The first-order chi connectivity index (χ1) is 12.0. The number of aryl methyl sites for hydroxylation is 2. The zero-order valence-corrected chi connectivity index (χ0v) is 14.4. The lowest BCUT2D eigenvalue weighted by Crippen LogP contribution is -2.20. The number of hydrogen-bond acceptors (Lipinski definition) is 7. The minimum absolute atomic E-state index is 0.0359. The van der Waals surface area contributed by atoms with Gasteiger partial charge in [0.15, 0.2) is 6.61 Å². The maximum absolute atomic E-state index is 12.0. The van der Waals surface area contributed by atoms with Gasteiger partial charge in [-0.3, -0.25) is 4.79 Å². The molecule has 3 rings (SSSR count). The van der Waals surface area contributed by atoms with Crippen LogP contribution in [0.1, 0.15) is 21.3 Å². The molecule has 1 N–H and O–H groups in total. The molecular weight excluding hydrogens is 342 g/mol. The molecule has 0 radical (unpaired) electrons. The summed E-state index contributed by atoms with van der Waals surface area (Å²) in [7, 11) is 0. The number of hydrogen-bond donors (Lipinski definition) is 1. The quantitative estimate of drug-likeness (QED) is 0.705. The summed E-state index contributed by atoms with van der Waals surface area (Å²) in [5.74, 6) is -1.22. The molecule has 0 aliphatic carbocycles. The van der Waals surface area contributed by atoms with E-state index in [4.69, 9.17) is 9.26 Å². The van der Waals surface area contributed by atoms with Gasteiger partial charge in [-0.05, 0) is 26.0 Å². The molecule has 0 fully saturated rings. The van der Waals surface area contributed by atoms with E-state index in [-0.39, 0.29) is 5.76 Å². The van der Waals surface area contributed by atoms with Crippen molar-refractivity contribution in [2.75, 3.05) is 11.9 Å². The SMILES string of the molecule is Cc1cc(C(=O)OCC(=O)Nc2cccc(-c3csc(C)n3)c2)on1. The molecule has 1 aromatic carbocycles. The van der Waals surface area contributed by atoms with Crippen LogP contribution < -0.4 is 5.32 Å². The maximum Gasteiger partial charge on any atom is 0.377 e. The van der Waals surface area contributed by atoms with Crippen molar-refractivity contribution in [2.45, 2.75) is 13.8 Å². The van der Waals surface area contributed by atoms with E-state index in [2.05, 4.69) is 15.5 Å². The zero-order chi connectivity index (χ0) is 17.8. The van der Waals surface area contributed by atoms with Gasteiger partial charge in [0.1, 0.15) is 0 Å². The van der Waals surface area contributed by atoms with Crippen molar-refractivity contribution in [1.82, 2.24) is 10.1 Å². The number of nitrogens with one attached hydrogen (secondary N) is 1. The zero-order valence-electron chi connectivity index (χ0n) is 13.6. The molecular formula is C17H15N3O4S. The van der Waals surface area contributed by atoms with Crippen molar-refractivity contribution in [2.24, 2.45) is 0 Å². The van der Waals surface area contributed by atoms with Crippen molar-refractivity contribution in [3.63, 3.8) is 0 Å². The van der Waals surface area contributed by atoms with E-state index in [1.807, 2.05) is 30.5 Å². The molecule has 128 valence electrons. The van der Waals surface area contributed by atoms with Gasteiger partial charge < -0.3 is 14.6 Å². The molecule has 0 unspecified atom stereocenters. The highest BCUT2D eigenvalue weighted by Gasteiger charge is 2.15. The van der Waals surface area contributed by atoms with Gasteiger partial charge in [0.05, 0.1) is 16.4 Å². The molecule has 0 atom stereocenters. The van der Waals surface area contributed by atoms with Crippen LogP contribution in [0.15, 0.2) is 40.2 Å². The molecule has 25 heavy (non-hydrogen) atoms. The van der Waals surface area contributed by atoms with E-state index in [0.29, 0.717) is 11.4 Å². The Hall–Kier alpha value is -3.00. The van der Waals surface area contributed by atoms with Crippen LogP contribution in [0.2, 0.25) is 0 Å². The number of rotatable bonds is 5. The van der Waals surface area contributed by atoms with Crippen molar-refractivity contribution >= 4 is 28.9 Å². The highest BCUT2D eigenvalue weighted by molar-refractivity contribution is 7.09. The first-order valence-corrected chi connectivity index (χ1v) is 8.32. The fourth-order valence-electron chi connectivity index (χ4n) is 2.11. The van der Waals surface area contributed by atoms with E-state index in [0.717, 1.165) is 16.3 Å².